The average Bonchev–Trinajstić information content (AvgIpc) is 2.92. The molecule has 102 valence electrons. The molecule has 7 nitrogen and oxygen atoms in total. The average molecular weight is 289 g/mol. The minimum atomic E-state index is -0.962. The Labute approximate surface area is 111 Å². The van der Waals surface area contributed by atoms with Crippen LogP contribution < -0.4 is 0 Å². The van der Waals surface area contributed by atoms with Gasteiger partial charge in [0.15, 0.2) is 10.8 Å². The van der Waals surface area contributed by atoms with Crippen LogP contribution in [0.15, 0.2) is 6.33 Å². The second-order valence-corrected chi connectivity index (χ2v) is 4.58. The van der Waals surface area contributed by atoms with Crippen LogP contribution in [0.2, 0.25) is 5.15 Å². The number of fused-ring (bicyclic) bond motifs is 1. The third kappa shape index (κ3) is 2.06. The second kappa shape index (κ2) is 4.64. The molecule has 0 bridgehead atoms. The predicted molar refractivity (Wildman–Crippen MR) is 61.9 cm³/mol. The molecule has 0 amide bonds. The summed E-state index contributed by atoms with van der Waals surface area (Å²) < 4.78 is 20.1. The van der Waals surface area contributed by atoms with E-state index in [4.69, 9.17) is 21.4 Å². The van der Waals surface area contributed by atoms with Crippen LogP contribution >= 0.6 is 11.6 Å². The summed E-state index contributed by atoms with van der Waals surface area (Å²) >= 11 is 5.77. The lowest BCUT2D eigenvalue weighted by atomic mass is 10.2. The zero-order valence-corrected chi connectivity index (χ0v) is 10.3. The monoisotopic (exact) mass is 288 g/mol. The molecule has 3 heterocycles. The number of hydrogen-bond donors (Lipinski definition) is 2. The van der Waals surface area contributed by atoms with Crippen molar-refractivity contribution in [3.05, 3.63) is 17.6 Å². The maximum atomic E-state index is 13.2. The molecule has 2 N–H and O–H groups in total. The summed E-state index contributed by atoms with van der Waals surface area (Å²) in [5.74, 6) is 0. The molecule has 1 aliphatic rings. The first kappa shape index (κ1) is 12.7. The predicted octanol–water partition coefficient (Wildman–Crippen LogP) is 0.259. The van der Waals surface area contributed by atoms with Crippen LogP contribution in [0.1, 0.15) is 12.6 Å². The summed E-state index contributed by atoms with van der Waals surface area (Å²) in [6.07, 6.45) is -1.37. The molecule has 3 atom stereocenters. The van der Waals surface area contributed by atoms with E-state index in [0.717, 1.165) is 0 Å². The molecule has 0 saturated carbocycles. The molecule has 0 aromatic carbocycles. The van der Waals surface area contributed by atoms with Crippen molar-refractivity contribution >= 4 is 22.8 Å². The largest absolute Gasteiger partial charge is 0.394 e. The molecule has 1 fully saturated rings. The zero-order chi connectivity index (χ0) is 13.6. The molecular formula is C10H10ClFN4O3. The minimum absolute atomic E-state index is 0.0847. The quantitative estimate of drug-likeness (QED) is 0.608. The lowest BCUT2D eigenvalue weighted by Crippen LogP contribution is -2.24. The molecule has 0 radical (unpaired) electrons. The van der Waals surface area contributed by atoms with Gasteiger partial charge in [0.1, 0.15) is 17.8 Å². The Bertz CT molecular complexity index is 622. The third-order valence-electron chi connectivity index (χ3n) is 3.05. The van der Waals surface area contributed by atoms with Gasteiger partial charge in [-0.05, 0) is 0 Å². The van der Waals surface area contributed by atoms with Gasteiger partial charge in [-0.3, -0.25) is 4.57 Å². The van der Waals surface area contributed by atoms with Gasteiger partial charge in [-0.25, -0.2) is 4.98 Å². The van der Waals surface area contributed by atoms with E-state index < -0.39 is 24.5 Å². The van der Waals surface area contributed by atoms with E-state index in [0.29, 0.717) is 0 Å². The van der Waals surface area contributed by atoms with Gasteiger partial charge in [0.05, 0.1) is 19.0 Å². The standard InChI is InChI=1S/C10H10ClFN4O3/c11-8-7-9(15-10(12)14-8)16(3-13-7)6-1-4(18)5(2-17)19-6/h3-6,17-18H,1-2H2/t4-,5+,6+/m0/s1. The Hall–Kier alpha value is -1.35. The topological polar surface area (TPSA) is 93.3 Å². The SMILES string of the molecule is OC[C@H]1O[C@@H](n2cnc3c(Cl)nc(F)nc32)C[C@@H]1O. The number of halogens is 2. The molecule has 2 aromatic heterocycles. The normalized spacial score (nSPS) is 27.3. The number of nitrogens with zero attached hydrogens (tertiary/aromatic N) is 4. The van der Waals surface area contributed by atoms with Crippen LogP contribution in [-0.4, -0.2) is 48.5 Å². The molecular weight excluding hydrogens is 279 g/mol. The number of imidazole rings is 1. The van der Waals surface area contributed by atoms with Gasteiger partial charge in [0, 0.05) is 6.42 Å². The zero-order valence-electron chi connectivity index (χ0n) is 9.57. The highest BCUT2D eigenvalue weighted by atomic mass is 35.5. The number of ether oxygens (including phenoxy) is 1. The third-order valence-corrected chi connectivity index (χ3v) is 3.31. The van der Waals surface area contributed by atoms with Crippen molar-refractivity contribution in [2.24, 2.45) is 0 Å². The van der Waals surface area contributed by atoms with Gasteiger partial charge in [-0.2, -0.15) is 14.4 Å². The van der Waals surface area contributed by atoms with Gasteiger partial charge in [0.2, 0.25) is 0 Å². The van der Waals surface area contributed by atoms with Gasteiger partial charge in [0.25, 0.3) is 0 Å². The summed E-state index contributed by atoms with van der Waals surface area (Å²) in [5.41, 5.74) is 0.446. The molecule has 0 aliphatic carbocycles. The van der Waals surface area contributed by atoms with Crippen molar-refractivity contribution in [2.75, 3.05) is 6.61 Å². The summed E-state index contributed by atoms with van der Waals surface area (Å²) in [5, 5.41) is 18.6. The van der Waals surface area contributed by atoms with E-state index in [9.17, 15) is 9.50 Å². The highest BCUT2D eigenvalue weighted by molar-refractivity contribution is 6.33. The minimum Gasteiger partial charge on any atom is -0.394 e. The first-order valence-electron chi connectivity index (χ1n) is 5.60. The number of rotatable bonds is 2. The van der Waals surface area contributed by atoms with Crippen molar-refractivity contribution < 1.29 is 19.3 Å². The van der Waals surface area contributed by atoms with Crippen molar-refractivity contribution in [3.8, 4) is 0 Å². The second-order valence-electron chi connectivity index (χ2n) is 4.22. The van der Waals surface area contributed by atoms with Gasteiger partial charge in [-0.15, -0.1) is 0 Å². The lowest BCUT2D eigenvalue weighted by molar-refractivity contribution is -0.0432. The molecule has 9 heteroatoms. The molecule has 0 spiro atoms. The van der Waals surface area contributed by atoms with E-state index >= 15 is 0 Å². The fourth-order valence-corrected chi connectivity index (χ4v) is 2.32. The van der Waals surface area contributed by atoms with Crippen LogP contribution in [0.4, 0.5) is 4.39 Å². The summed E-state index contributed by atoms with van der Waals surface area (Å²) in [4.78, 5) is 11.0. The van der Waals surface area contributed by atoms with Crippen LogP contribution in [0.3, 0.4) is 0 Å². The summed E-state index contributed by atoms with van der Waals surface area (Å²) in [6.45, 7) is -0.297. The summed E-state index contributed by atoms with van der Waals surface area (Å²) in [7, 11) is 0. The first-order chi connectivity index (χ1) is 9.10. The van der Waals surface area contributed by atoms with E-state index in [2.05, 4.69) is 15.0 Å². The van der Waals surface area contributed by atoms with Crippen LogP contribution in [0.5, 0.6) is 0 Å². The van der Waals surface area contributed by atoms with E-state index in [1.165, 1.54) is 10.9 Å². The highest BCUT2D eigenvalue weighted by Gasteiger charge is 2.35. The van der Waals surface area contributed by atoms with Gasteiger partial charge >= 0.3 is 6.08 Å². The first-order valence-corrected chi connectivity index (χ1v) is 5.98. The number of hydrogen-bond acceptors (Lipinski definition) is 6. The maximum absolute atomic E-state index is 13.2. The Morgan fingerprint density at radius 3 is 3.00 bits per heavy atom. The number of aromatic nitrogens is 4. The number of aliphatic hydroxyl groups excluding tert-OH is 2. The van der Waals surface area contributed by atoms with Crippen LogP contribution in [0.25, 0.3) is 11.2 Å². The molecule has 19 heavy (non-hydrogen) atoms. The molecule has 0 unspecified atom stereocenters. The fraction of sp³-hybridized carbons (Fsp3) is 0.500. The van der Waals surface area contributed by atoms with Gasteiger partial charge in [-0.1, -0.05) is 11.6 Å². The fourth-order valence-electron chi connectivity index (χ4n) is 2.12. The highest BCUT2D eigenvalue weighted by Crippen LogP contribution is 2.31. The molecule has 2 aromatic rings. The molecule has 3 rings (SSSR count). The van der Waals surface area contributed by atoms with Crippen molar-refractivity contribution in [3.63, 3.8) is 0 Å². The Morgan fingerprint density at radius 1 is 1.53 bits per heavy atom. The smallest absolute Gasteiger partial charge is 0.312 e. The Morgan fingerprint density at radius 2 is 2.32 bits per heavy atom. The van der Waals surface area contributed by atoms with Crippen LogP contribution in [0, 0.1) is 6.08 Å². The number of aliphatic hydroxyl groups is 2. The van der Waals surface area contributed by atoms with Crippen molar-refractivity contribution in [2.45, 2.75) is 24.9 Å². The van der Waals surface area contributed by atoms with Gasteiger partial charge < -0.3 is 14.9 Å². The van der Waals surface area contributed by atoms with Crippen molar-refractivity contribution in [1.29, 1.82) is 0 Å². The van der Waals surface area contributed by atoms with E-state index in [-0.39, 0.29) is 29.3 Å². The maximum Gasteiger partial charge on any atom is 0.312 e. The Balaban J connectivity index is 2.02. The van der Waals surface area contributed by atoms with Crippen LogP contribution in [-0.2, 0) is 4.74 Å². The molecule has 1 aliphatic heterocycles. The summed E-state index contributed by atoms with van der Waals surface area (Å²) in [6, 6.07) is 0. The van der Waals surface area contributed by atoms with E-state index in [1.807, 2.05) is 0 Å². The lowest BCUT2D eigenvalue weighted by Gasteiger charge is -2.13. The van der Waals surface area contributed by atoms with Crippen molar-refractivity contribution in [1.82, 2.24) is 19.5 Å². The Kier molecular flexibility index (Phi) is 3.09. The van der Waals surface area contributed by atoms with E-state index in [1.54, 1.807) is 0 Å². The molecule has 1 saturated heterocycles.